The number of hydrogen-bond donors (Lipinski definition) is 2. The van der Waals surface area contributed by atoms with Crippen molar-refractivity contribution in [3.8, 4) is 0 Å². The fraction of sp³-hybridized carbons (Fsp3) is 0.375. The second-order valence-electron chi connectivity index (χ2n) is 3.37. The topological polar surface area (TPSA) is 81.6 Å². The van der Waals surface area contributed by atoms with Crippen molar-refractivity contribution in [3.05, 3.63) is 17.4 Å². The van der Waals surface area contributed by atoms with Crippen LogP contribution >= 0.6 is 11.3 Å². The van der Waals surface area contributed by atoms with E-state index in [9.17, 15) is 13.2 Å². The van der Waals surface area contributed by atoms with Gasteiger partial charge in [-0.2, -0.15) is 18.3 Å². The molecule has 0 aliphatic rings. The van der Waals surface area contributed by atoms with E-state index in [-0.39, 0.29) is 5.13 Å². The fourth-order valence-corrected chi connectivity index (χ4v) is 1.82. The van der Waals surface area contributed by atoms with E-state index in [1.165, 1.54) is 6.20 Å². The average Bonchev–Trinajstić information content (AvgIpc) is 2.87. The third-order valence-corrected chi connectivity index (χ3v) is 2.86. The van der Waals surface area contributed by atoms with Crippen LogP contribution in [0.1, 0.15) is 5.01 Å². The Morgan fingerprint density at radius 3 is 2.72 bits per heavy atom. The number of halogens is 3. The van der Waals surface area contributed by atoms with Crippen LogP contribution in [0.4, 0.5) is 24.0 Å². The summed E-state index contributed by atoms with van der Waals surface area (Å²) in [6, 6.07) is 0. The van der Waals surface area contributed by atoms with Crippen molar-refractivity contribution in [1.29, 1.82) is 0 Å². The highest BCUT2D eigenvalue weighted by molar-refractivity contribution is 7.15. The molecule has 0 radical (unpaired) electrons. The van der Waals surface area contributed by atoms with Crippen molar-refractivity contribution in [2.75, 3.05) is 17.6 Å². The highest BCUT2D eigenvalue weighted by atomic mass is 32.1. The highest BCUT2D eigenvalue weighted by Gasteiger charge is 2.35. The molecule has 2 aromatic heterocycles. The Labute approximate surface area is 104 Å². The van der Waals surface area contributed by atoms with Crippen LogP contribution < -0.4 is 11.1 Å². The maximum absolute atomic E-state index is 12.2. The lowest BCUT2D eigenvalue weighted by molar-refractivity contribution is -0.138. The van der Waals surface area contributed by atoms with E-state index in [1.54, 1.807) is 10.9 Å². The lowest BCUT2D eigenvalue weighted by atomic mass is 10.6. The summed E-state index contributed by atoms with van der Waals surface area (Å²) >= 11 is 0.467. The van der Waals surface area contributed by atoms with Crippen LogP contribution in [0.5, 0.6) is 0 Å². The SMILES string of the molecule is Nc1cnn(CCNc2nnc(C(F)(F)F)s2)c1. The molecule has 18 heavy (non-hydrogen) atoms. The zero-order valence-corrected chi connectivity index (χ0v) is 9.79. The van der Waals surface area contributed by atoms with Gasteiger partial charge in [0, 0.05) is 12.7 Å². The minimum atomic E-state index is -4.45. The molecule has 0 aliphatic carbocycles. The third kappa shape index (κ3) is 3.09. The standard InChI is InChI=1S/C8H9F3N6S/c9-8(10,11)6-15-16-7(18-6)13-1-2-17-4-5(12)3-14-17/h3-4H,1-2,12H2,(H,13,16). The summed E-state index contributed by atoms with van der Waals surface area (Å²) in [5, 5.41) is 12.3. The molecule has 6 nitrogen and oxygen atoms in total. The van der Waals surface area contributed by atoms with Gasteiger partial charge in [0.15, 0.2) is 0 Å². The Balaban J connectivity index is 1.85. The van der Waals surface area contributed by atoms with Crippen molar-refractivity contribution < 1.29 is 13.2 Å². The number of nitrogens with one attached hydrogen (secondary N) is 1. The Morgan fingerprint density at radius 1 is 1.39 bits per heavy atom. The van der Waals surface area contributed by atoms with Gasteiger partial charge < -0.3 is 11.1 Å². The van der Waals surface area contributed by atoms with Crippen LogP contribution in [0.3, 0.4) is 0 Å². The van der Waals surface area contributed by atoms with Crippen molar-refractivity contribution in [2.45, 2.75) is 12.7 Å². The largest absolute Gasteiger partial charge is 0.445 e. The number of alkyl halides is 3. The van der Waals surface area contributed by atoms with Gasteiger partial charge in [-0.25, -0.2) is 0 Å². The van der Waals surface area contributed by atoms with Gasteiger partial charge in [0.25, 0.3) is 0 Å². The maximum Gasteiger partial charge on any atom is 0.445 e. The normalized spacial score (nSPS) is 11.7. The Morgan fingerprint density at radius 2 is 2.17 bits per heavy atom. The lowest BCUT2D eigenvalue weighted by Gasteiger charge is -2.02. The van der Waals surface area contributed by atoms with E-state index in [1.807, 2.05) is 0 Å². The molecule has 0 atom stereocenters. The summed E-state index contributed by atoms with van der Waals surface area (Å²) in [6.07, 6.45) is -1.33. The number of rotatable bonds is 4. The second kappa shape index (κ2) is 4.80. The molecule has 0 amide bonds. The summed E-state index contributed by atoms with van der Waals surface area (Å²) in [5.74, 6) is 0. The first-order valence-corrected chi connectivity index (χ1v) is 5.69. The van der Waals surface area contributed by atoms with Crippen molar-refractivity contribution in [2.24, 2.45) is 0 Å². The number of nitrogen functional groups attached to an aromatic ring is 1. The number of aromatic nitrogens is 4. The van der Waals surface area contributed by atoms with E-state index in [0.29, 0.717) is 30.1 Å². The van der Waals surface area contributed by atoms with Gasteiger partial charge >= 0.3 is 6.18 Å². The molecule has 0 aliphatic heterocycles. The lowest BCUT2D eigenvalue weighted by Crippen LogP contribution is -2.10. The molecular weight excluding hydrogens is 269 g/mol. The van der Waals surface area contributed by atoms with Crippen LogP contribution in [0.2, 0.25) is 0 Å². The van der Waals surface area contributed by atoms with Gasteiger partial charge in [-0.15, -0.1) is 10.2 Å². The van der Waals surface area contributed by atoms with Gasteiger partial charge in [-0.1, -0.05) is 11.3 Å². The summed E-state index contributed by atoms with van der Waals surface area (Å²) in [5.41, 5.74) is 6.00. The zero-order valence-electron chi connectivity index (χ0n) is 8.98. The molecule has 2 heterocycles. The van der Waals surface area contributed by atoms with Gasteiger partial charge in [-0.3, -0.25) is 4.68 Å². The van der Waals surface area contributed by atoms with Crippen LogP contribution in [0, 0.1) is 0 Å². The highest BCUT2D eigenvalue weighted by Crippen LogP contribution is 2.32. The van der Waals surface area contributed by atoms with E-state index in [2.05, 4.69) is 20.6 Å². The maximum atomic E-state index is 12.2. The van der Waals surface area contributed by atoms with E-state index in [0.717, 1.165) is 0 Å². The van der Waals surface area contributed by atoms with Crippen LogP contribution in [0.15, 0.2) is 12.4 Å². The number of anilines is 2. The third-order valence-electron chi connectivity index (χ3n) is 1.94. The fourth-order valence-electron chi connectivity index (χ4n) is 1.19. The van der Waals surface area contributed by atoms with Crippen LogP contribution in [0.25, 0.3) is 0 Å². The molecule has 2 rings (SSSR count). The van der Waals surface area contributed by atoms with Gasteiger partial charge in [0.1, 0.15) is 0 Å². The monoisotopic (exact) mass is 278 g/mol. The molecule has 0 spiro atoms. The Hall–Kier alpha value is -1.84. The molecule has 10 heteroatoms. The molecule has 3 N–H and O–H groups in total. The number of hydrogen-bond acceptors (Lipinski definition) is 6. The van der Waals surface area contributed by atoms with Crippen LogP contribution in [-0.2, 0) is 12.7 Å². The molecule has 0 bridgehead atoms. The molecule has 0 saturated heterocycles. The van der Waals surface area contributed by atoms with Gasteiger partial charge in [0.2, 0.25) is 10.1 Å². The number of nitrogens with two attached hydrogens (primary N) is 1. The predicted octanol–water partition coefficient (Wildman–Crippen LogP) is 1.45. The molecule has 0 fully saturated rings. The van der Waals surface area contributed by atoms with Crippen molar-refractivity contribution >= 4 is 22.2 Å². The first kappa shape index (κ1) is 12.6. The quantitative estimate of drug-likeness (QED) is 0.884. The van der Waals surface area contributed by atoms with Crippen molar-refractivity contribution in [1.82, 2.24) is 20.0 Å². The minimum absolute atomic E-state index is 0.127. The van der Waals surface area contributed by atoms with E-state index >= 15 is 0 Å². The second-order valence-corrected chi connectivity index (χ2v) is 4.35. The van der Waals surface area contributed by atoms with E-state index < -0.39 is 11.2 Å². The first-order chi connectivity index (χ1) is 8.45. The Kier molecular flexibility index (Phi) is 3.36. The van der Waals surface area contributed by atoms with Crippen LogP contribution in [-0.4, -0.2) is 26.5 Å². The molecule has 0 saturated carbocycles. The zero-order chi connectivity index (χ0) is 13.2. The van der Waals surface area contributed by atoms with Gasteiger partial charge in [-0.05, 0) is 0 Å². The van der Waals surface area contributed by atoms with Crippen molar-refractivity contribution in [3.63, 3.8) is 0 Å². The number of nitrogens with zero attached hydrogens (tertiary/aromatic N) is 4. The minimum Gasteiger partial charge on any atom is -0.396 e. The van der Waals surface area contributed by atoms with E-state index in [4.69, 9.17) is 5.73 Å². The van der Waals surface area contributed by atoms with Gasteiger partial charge in [0.05, 0.1) is 18.4 Å². The molecule has 2 aromatic rings. The molecule has 0 unspecified atom stereocenters. The smallest absolute Gasteiger partial charge is 0.396 e. The predicted molar refractivity (Wildman–Crippen MR) is 60.0 cm³/mol. The molecule has 98 valence electrons. The molecular formula is C8H9F3N6S. The average molecular weight is 278 g/mol. The summed E-state index contributed by atoms with van der Waals surface area (Å²) in [4.78, 5) is 0. The summed E-state index contributed by atoms with van der Waals surface area (Å²) in [6.45, 7) is 0.853. The summed E-state index contributed by atoms with van der Waals surface area (Å²) < 4.78 is 38.3. The first-order valence-electron chi connectivity index (χ1n) is 4.87. The Bertz CT molecular complexity index is 519. The summed E-state index contributed by atoms with van der Waals surface area (Å²) in [7, 11) is 0. The molecule has 0 aromatic carbocycles.